The minimum atomic E-state index is -0.834. The molecule has 0 aliphatic carbocycles. The van der Waals surface area contributed by atoms with E-state index in [0.717, 1.165) is 9.64 Å². The van der Waals surface area contributed by atoms with Gasteiger partial charge in [0.05, 0.1) is 16.7 Å². The van der Waals surface area contributed by atoms with E-state index in [0.29, 0.717) is 17.0 Å². The summed E-state index contributed by atoms with van der Waals surface area (Å²) in [6.45, 7) is 0. The highest BCUT2D eigenvalue weighted by Crippen LogP contribution is 2.35. The molecule has 0 aliphatic heterocycles. The predicted molar refractivity (Wildman–Crippen MR) is 98.3 cm³/mol. The Balaban J connectivity index is 2.03. The van der Waals surface area contributed by atoms with Crippen LogP contribution in [0.2, 0.25) is 5.28 Å². The number of aromatic nitrogens is 2. The van der Waals surface area contributed by atoms with Gasteiger partial charge >= 0.3 is 0 Å². The number of ether oxygens (including phenoxy) is 1. The van der Waals surface area contributed by atoms with E-state index in [-0.39, 0.29) is 16.7 Å². The van der Waals surface area contributed by atoms with Crippen molar-refractivity contribution in [1.82, 2.24) is 9.97 Å². The quantitative estimate of drug-likeness (QED) is 0.225. The molecule has 3 aromatic rings. The SMILES string of the molecule is O=[N+]([O-])c1ccc(Oc2cc(I)ccc2-c2ccnc(Cl)n2)c(F)c1. The maximum atomic E-state index is 14.1. The first-order valence-corrected chi connectivity index (χ1v) is 8.30. The van der Waals surface area contributed by atoms with Gasteiger partial charge in [-0.15, -0.1) is 0 Å². The first kappa shape index (κ1) is 17.5. The van der Waals surface area contributed by atoms with Gasteiger partial charge in [0.1, 0.15) is 5.75 Å². The number of benzene rings is 2. The molecule has 0 aliphatic rings. The molecule has 0 radical (unpaired) electrons. The summed E-state index contributed by atoms with van der Waals surface area (Å²) in [6, 6.07) is 10.1. The van der Waals surface area contributed by atoms with E-state index >= 15 is 0 Å². The van der Waals surface area contributed by atoms with Crippen LogP contribution in [0.15, 0.2) is 48.7 Å². The molecular weight excluding hydrogens is 464 g/mol. The van der Waals surface area contributed by atoms with Gasteiger partial charge in [0.15, 0.2) is 11.6 Å². The van der Waals surface area contributed by atoms with E-state index in [9.17, 15) is 14.5 Å². The average molecular weight is 472 g/mol. The fourth-order valence-electron chi connectivity index (χ4n) is 2.08. The van der Waals surface area contributed by atoms with Gasteiger partial charge in [0.25, 0.3) is 5.69 Å². The third kappa shape index (κ3) is 4.02. The van der Waals surface area contributed by atoms with Gasteiger partial charge in [-0.1, -0.05) is 0 Å². The van der Waals surface area contributed by atoms with E-state index in [1.807, 2.05) is 6.07 Å². The topological polar surface area (TPSA) is 78.2 Å². The minimum Gasteiger partial charge on any atom is -0.454 e. The molecule has 25 heavy (non-hydrogen) atoms. The summed E-state index contributed by atoms with van der Waals surface area (Å²) in [7, 11) is 0. The lowest BCUT2D eigenvalue weighted by Gasteiger charge is -2.12. The van der Waals surface area contributed by atoms with Crippen molar-refractivity contribution in [2.24, 2.45) is 0 Å². The van der Waals surface area contributed by atoms with Crippen LogP contribution in [-0.4, -0.2) is 14.9 Å². The fraction of sp³-hybridized carbons (Fsp3) is 0. The van der Waals surface area contributed by atoms with Crippen LogP contribution in [0.5, 0.6) is 11.5 Å². The molecule has 6 nitrogen and oxygen atoms in total. The molecular formula is C16H8ClFIN3O3. The molecule has 0 fully saturated rings. The first-order valence-electron chi connectivity index (χ1n) is 6.84. The summed E-state index contributed by atoms with van der Waals surface area (Å²) >= 11 is 7.91. The molecule has 0 bridgehead atoms. The lowest BCUT2D eigenvalue weighted by Crippen LogP contribution is -1.95. The van der Waals surface area contributed by atoms with Crippen molar-refractivity contribution < 1.29 is 14.1 Å². The van der Waals surface area contributed by atoms with Crippen LogP contribution in [0, 0.1) is 19.5 Å². The number of hydrogen-bond donors (Lipinski definition) is 0. The molecule has 2 aromatic carbocycles. The maximum Gasteiger partial charge on any atom is 0.272 e. The van der Waals surface area contributed by atoms with Gasteiger partial charge < -0.3 is 4.74 Å². The minimum absolute atomic E-state index is 0.0727. The lowest BCUT2D eigenvalue weighted by atomic mass is 10.1. The van der Waals surface area contributed by atoms with Crippen LogP contribution in [0.25, 0.3) is 11.3 Å². The van der Waals surface area contributed by atoms with E-state index < -0.39 is 10.7 Å². The lowest BCUT2D eigenvalue weighted by molar-refractivity contribution is -0.385. The van der Waals surface area contributed by atoms with Crippen molar-refractivity contribution in [3.63, 3.8) is 0 Å². The largest absolute Gasteiger partial charge is 0.454 e. The van der Waals surface area contributed by atoms with Crippen molar-refractivity contribution in [2.45, 2.75) is 0 Å². The summed E-state index contributed by atoms with van der Waals surface area (Å²) in [6.07, 6.45) is 1.50. The number of hydrogen-bond acceptors (Lipinski definition) is 5. The Kier molecular flexibility index (Phi) is 5.09. The van der Waals surface area contributed by atoms with E-state index in [2.05, 4.69) is 32.6 Å². The molecule has 9 heteroatoms. The fourth-order valence-corrected chi connectivity index (χ4v) is 2.69. The van der Waals surface area contributed by atoms with Gasteiger partial charge in [-0.2, -0.15) is 0 Å². The number of nitrogens with zero attached hydrogens (tertiary/aromatic N) is 3. The first-order chi connectivity index (χ1) is 11.9. The molecule has 0 unspecified atom stereocenters. The second kappa shape index (κ2) is 7.28. The van der Waals surface area contributed by atoms with Crippen LogP contribution in [0.3, 0.4) is 0 Å². The van der Waals surface area contributed by atoms with Gasteiger partial charge in [-0.3, -0.25) is 10.1 Å². The normalized spacial score (nSPS) is 10.5. The monoisotopic (exact) mass is 471 g/mol. The van der Waals surface area contributed by atoms with Crippen molar-refractivity contribution in [1.29, 1.82) is 0 Å². The van der Waals surface area contributed by atoms with Crippen molar-refractivity contribution in [2.75, 3.05) is 0 Å². The van der Waals surface area contributed by atoms with Crippen LogP contribution in [0.1, 0.15) is 0 Å². The molecule has 0 atom stereocenters. The number of rotatable bonds is 4. The van der Waals surface area contributed by atoms with E-state index in [4.69, 9.17) is 16.3 Å². The summed E-state index contributed by atoms with van der Waals surface area (Å²) < 4.78 is 20.6. The molecule has 3 rings (SSSR count). The summed E-state index contributed by atoms with van der Waals surface area (Å²) in [4.78, 5) is 18.0. The van der Waals surface area contributed by atoms with Gasteiger partial charge in [-0.25, -0.2) is 14.4 Å². The summed E-state index contributed by atoms with van der Waals surface area (Å²) in [5.74, 6) is -0.622. The third-order valence-corrected chi connectivity index (χ3v) is 4.05. The van der Waals surface area contributed by atoms with Crippen LogP contribution >= 0.6 is 34.2 Å². The molecule has 1 heterocycles. The number of non-ortho nitro benzene ring substituents is 1. The Morgan fingerprint density at radius 2 is 1.96 bits per heavy atom. The Morgan fingerprint density at radius 1 is 1.16 bits per heavy atom. The van der Waals surface area contributed by atoms with Crippen LogP contribution in [0.4, 0.5) is 10.1 Å². The second-order valence-electron chi connectivity index (χ2n) is 4.83. The zero-order valence-corrected chi connectivity index (χ0v) is 15.2. The molecule has 0 amide bonds. The zero-order valence-electron chi connectivity index (χ0n) is 12.3. The third-order valence-electron chi connectivity index (χ3n) is 3.19. The molecule has 0 spiro atoms. The van der Waals surface area contributed by atoms with Gasteiger partial charge in [-0.05, 0) is 64.5 Å². The molecule has 0 saturated heterocycles. The maximum absolute atomic E-state index is 14.1. The molecule has 126 valence electrons. The summed E-state index contributed by atoms with van der Waals surface area (Å²) in [5, 5.41) is 10.8. The van der Waals surface area contributed by atoms with Crippen LogP contribution < -0.4 is 4.74 Å². The highest BCUT2D eigenvalue weighted by molar-refractivity contribution is 14.1. The molecule has 1 aromatic heterocycles. The standard InChI is InChI=1S/C16H8ClFIN3O3/c17-16-20-6-5-13(21-16)11-3-1-9(19)7-15(11)25-14-4-2-10(22(23)24)8-12(14)18/h1-8H. The number of nitro groups is 1. The highest BCUT2D eigenvalue weighted by atomic mass is 127. The highest BCUT2D eigenvalue weighted by Gasteiger charge is 2.15. The van der Waals surface area contributed by atoms with Crippen molar-refractivity contribution in [3.8, 4) is 22.8 Å². The Bertz CT molecular complexity index is 971. The van der Waals surface area contributed by atoms with Crippen molar-refractivity contribution >= 4 is 39.9 Å². The second-order valence-corrected chi connectivity index (χ2v) is 6.41. The van der Waals surface area contributed by atoms with Gasteiger partial charge in [0.2, 0.25) is 5.28 Å². The average Bonchev–Trinajstić information content (AvgIpc) is 2.56. The number of nitro benzene ring substituents is 1. The Labute approximate surface area is 159 Å². The molecule has 0 N–H and O–H groups in total. The van der Waals surface area contributed by atoms with E-state index in [1.54, 1.807) is 18.2 Å². The van der Waals surface area contributed by atoms with Crippen molar-refractivity contribution in [3.05, 3.63) is 73.4 Å². The zero-order chi connectivity index (χ0) is 18.0. The van der Waals surface area contributed by atoms with Gasteiger partial charge in [0, 0.05) is 21.4 Å². The van der Waals surface area contributed by atoms with E-state index in [1.165, 1.54) is 18.3 Å². The Hall–Kier alpha value is -2.33. The smallest absolute Gasteiger partial charge is 0.272 e. The van der Waals surface area contributed by atoms with Crippen LogP contribution in [-0.2, 0) is 0 Å². The number of halogens is 3. The summed E-state index contributed by atoms with van der Waals surface area (Å²) in [5.41, 5.74) is 0.742. The Morgan fingerprint density at radius 3 is 2.64 bits per heavy atom. The predicted octanol–water partition coefficient (Wildman–Crippen LogP) is 5.24. The molecule has 0 saturated carbocycles.